The summed E-state index contributed by atoms with van der Waals surface area (Å²) in [5.41, 5.74) is 7.89. The summed E-state index contributed by atoms with van der Waals surface area (Å²) in [6.07, 6.45) is 5.22. The highest BCUT2D eigenvalue weighted by Crippen LogP contribution is 2.17. The molecule has 0 bridgehead atoms. The molecule has 3 N–H and O–H groups in total. The van der Waals surface area contributed by atoms with Crippen molar-refractivity contribution in [3.63, 3.8) is 0 Å². The summed E-state index contributed by atoms with van der Waals surface area (Å²) in [6.45, 7) is 6.53. The number of nitrogens with one attached hydrogen (secondary N) is 1. The van der Waals surface area contributed by atoms with E-state index >= 15 is 0 Å². The molecule has 1 aromatic carbocycles. The van der Waals surface area contributed by atoms with Crippen molar-refractivity contribution < 1.29 is 0 Å². The predicted molar refractivity (Wildman–Crippen MR) is 83.6 cm³/mol. The number of rotatable bonds is 8. The third-order valence-electron chi connectivity index (χ3n) is 3.29. The molecule has 0 amide bonds. The fourth-order valence-corrected chi connectivity index (χ4v) is 2.70. The van der Waals surface area contributed by atoms with E-state index in [2.05, 4.69) is 41.2 Å². The van der Waals surface area contributed by atoms with Crippen molar-refractivity contribution in [3.05, 3.63) is 28.2 Å². The quantitative estimate of drug-likeness (QED) is 0.701. The van der Waals surface area contributed by atoms with Gasteiger partial charge in [0.25, 0.3) is 0 Å². The molecule has 1 unspecified atom stereocenters. The van der Waals surface area contributed by atoms with Gasteiger partial charge < -0.3 is 11.1 Å². The van der Waals surface area contributed by atoms with Crippen LogP contribution >= 0.6 is 15.9 Å². The summed E-state index contributed by atoms with van der Waals surface area (Å²) in [5.74, 6) is 0.800. The highest BCUT2D eigenvalue weighted by atomic mass is 79.9. The number of halogens is 1. The van der Waals surface area contributed by atoms with Gasteiger partial charge in [-0.2, -0.15) is 0 Å². The van der Waals surface area contributed by atoms with Gasteiger partial charge in [0.1, 0.15) is 0 Å². The SMILES string of the molecule is CCCCC(CC)CNCc1cc(N)cc(Br)c1. The average Bonchev–Trinajstić information content (AvgIpc) is 2.32. The maximum Gasteiger partial charge on any atom is 0.0328 e. The largest absolute Gasteiger partial charge is 0.399 e. The van der Waals surface area contributed by atoms with Gasteiger partial charge in [-0.15, -0.1) is 0 Å². The number of nitrogen functional groups attached to an aromatic ring is 1. The van der Waals surface area contributed by atoms with Crippen LogP contribution in [0.4, 0.5) is 5.69 Å². The third kappa shape index (κ3) is 5.87. The molecule has 1 aromatic rings. The van der Waals surface area contributed by atoms with Gasteiger partial charge in [0.2, 0.25) is 0 Å². The molecule has 0 aliphatic rings. The van der Waals surface area contributed by atoms with Gasteiger partial charge in [0.15, 0.2) is 0 Å². The lowest BCUT2D eigenvalue weighted by Crippen LogP contribution is -2.22. The van der Waals surface area contributed by atoms with E-state index in [1.807, 2.05) is 12.1 Å². The van der Waals surface area contributed by atoms with Crippen LogP contribution in [0.2, 0.25) is 0 Å². The van der Waals surface area contributed by atoms with Crippen LogP contribution in [0.15, 0.2) is 22.7 Å². The smallest absolute Gasteiger partial charge is 0.0328 e. The predicted octanol–water partition coefficient (Wildman–Crippen LogP) is 4.34. The number of nitrogens with two attached hydrogens (primary N) is 1. The van der Waals surface area contributed by atoms with E-state index in [1.54, 1.807) is 0 Å². The van der Waals surface area contributed by atoms with Gasteiger partial charge >= 0.3 is 0 Å². The topological polar surface area (TPSA) is 38.0 Å². The zero-order valence-corrected chi connectivity index (χ0v) is 13.1. The number of hydrogen-bond acceptors (Lipinski definition) is 2. The molecule has 1 rings (SSSR count). The Morgan fingerprint density at radius 2 is 2.06 bits per heavy atom. The van der Waals surface area contributed by atoms with Gasteiger partial charge in [0, 0.05) is 16.7 Å². The van der Waals surface area contributed by atoms with E-state index < -0.39 is 0 Å². The maximum absolute atomic E-state index is 5.83. The van der Waals surface area contributed by atoms with Crippen LogP contribution in [-0.2, 0) is 6.54 Å². The highest BCUT2D eigenvalue weighted by Gasteiger charge is 2.05. The van der Waals surface area contributed by atoms with E-state index in [0.29, 0.717) is 0 Å². The molecular weight excluding hydrogens is 288 g/mol. The number of unbranched alkanes of at least 4 members (excludes halogenated alkanes) is 1. The van der Waals surface area contributed by atoms with E-state index in [-0.39, 0.29) is 0 Å². The summed E-state index contributed by atoms with van der Waals surface area (Å²) in [5, 5.41) is 3.54. The number of benzene rings is 1. The van der Waals surface area contributed by atoms with E-state index in [9.17, 15) is 0 Å². The average molecular weight is 313 g/mol. The third-order valence-corrected chi connectivity index (χ3v) is 3.74. The van der Waals surface area contributed by atoms with E-state index in [0.717, 1.165) is 29.2 Å². The van der Waals surface area contributed by atoms with Crippen LogP contribution in [0.25, 0.3) is 0 Å². The Bertz CT molecular complexity index is 332. The fraction of sp³-hybridized carbons (Fsp3) is 0.600. The first kappa shape index (κ1) is 15.5. The second-order valence-corrected chi connectivity index (χ2v) is 5.86. The van der Waals surface area contributed by atoms with Gasteiger partial charge in [0.05, 0.1) is 0 Å². The lowest BCUT2D eigenvalue weighted by molar-refractivity contribution is 0.419. The van der Waals surface area contributed by atoms with Crippen LogP contribution in [0, 0.1) is 5.92 Å². The molecule has 0 heterocycles. The molecule has 0 fully saturated rings. The molecule has 0 radical (unpaired) electrons. The minimum absolute atomic E-state index is 0.800. The second kappa shape index (κ2) is 8.54. The summed E-state index contributed by atoms with van der Waals surface area (Å²) >= 11 is 3.47. The Labute approximate surface area is 119 Å². The first-order valence-corrected chi connectivity index (χ1v) is 7.70. The molecule has 0 saturated heterocycles. The molecule has 0 saturated carbocycles. The molecular formula is C15H25BrN2. The van der Waals surface area contributed by atoms with Crippen molar-refractivity contribution in [2.24, 2.45) is 5.92 Å². The molecule has 102 valence electrons. The van der Waals surface area contributed by atoms with Crippen molar-refractivity contribution in [2.75, 3.05) is 12.3 Å². The Kier molecular flexibility index (Phi) is 7.36. The molecule has 0 aromatic heterocycles. The normalized spacial score (nSPS) is 12.6. The van der Waals surface area contributed by atoms with Crippen LogP contribution in [-0.4, -0.2) is 6.54 Å². The molecule has 0 spiro atoms. The monoisotopic (exact) mass is 312 g/mol. The van der Waals surface area contributed by atoms with Gasteiger partial charge in [-0.25, -0.2) is 0 Å². The van der Waals surface area contributed by atoms with Gasteiger partial charge in [-0.05, 0) is 42.6 Å². The summed E-state index contributed by atoms with van der Waals surface area (Å²) in [4.78, 5) is 0. The van der Waals surface area contributed by atoms with Crippen LogP contribution in [0.3, 0.4) is 0 Å². The Hall–Kier alpha value is -0.540. The molecule has 18 heavy (non-hydrogen) atoms. The Morgan fingerprint density at radius 3 is 2.67 bits per heavy atom. The zero-order valence-electron chi connectivity index (χ0n) is 11.5. The van der Waals surface area contributed by atoms with Crippen LogP contribution < -0.4 is 11.1 Å². The van der Waals surface area contributed by atoms with E-state index in [4.69, 9.17) is 5.73 Å². The molecule has 0 aliphatic carbocycles. The first-order valence-electron chi connectivity index (χ1n) is 6.91. The number of anilines is 1. The van der Waals surface area contributed by atoms with Crippen LogP contribution in [0.5, 0.6) is 0 Å². The van der Waals surface area contributed by atoms with Crippen molar-refractivity contribution in [1.29, 1.82) is 0 Å². The lowest BCUT2D eigenvalue weighted by Gasteiger charge is -2.15. The van der Waals surface area contributed by atoms with E-state index in [1.165, 1.54) is 31.2 Å². The van der Waals surface area contributed by atoms with Gasteiger partial charge in [-0.3, -0.25) is 0 Å². The molecule has 2 nitrogen and oxygen atoms in total. The summed E-state index contributed by atoms with van der Waals surface area (Å²) in [6, 6.07) is 6.08. The molecule has 0 aliphatic heterocycles. The van der Waals surface area contributed by atoms with Crippen LogP contribution in [0.1, 0.15) is 45.1 Å². The summed E-state index contributed by atoms with van der Waals surface area (Å²) < 4.78 is 1.05. The van der Waals surface area contributed by atoms with Gasteiger partial charge in [-0.1, -0.05) is 49.0 Å². The minimum Gasteiger partial charge on any atom is -0.399 e. The van der Waals surface area contributed by atoms with Crippen molar-refractivity contribution >= 4 is 21.6 Å². The second-order valence-electron chi connectivity index (χ2n) is 4.94. The fourth-order valence-electron chi connectivity index (χ4n) is 2.14. The zero-order chi connectivity index (χ0) is 13.4. The number of hydrogen-bond donors (Lipinski definition) is 2. The Balaban J connectivity index is 2.35. The van der Waals surface area contributed by atoms with Crippen molar-refractivity contribution in [3.8, 4) is 0 Å². The van der Waals surface area contributed by atoms with Crippen molar-refractivity contribution in [2.45, 2.75) is 46.1 Å². The molecule has 3 heteroatoms. The van der Waals surface area contributed by atoms with Crippen molar-refractivity contribution in [1.82, 2.24) is 5.32 Å². The lowest BCUT2D eigenvalue weighted by atomic mass is 9.99. The summed E-state index contributed by atoms with van der Waals surface area (Å²) in [7, 11) is 0. The highest BCUT2D eigenvalue weighted by molar-refractivity contribution is 9.10. The first-order chi connectivity index (χ1) is 8.65. The molecule has 1 atom stereocenters. The minimum atomic E-state index is 0.800. The Morgan fingerprint density at radius 1 is 1.28 bits per heavy atom. The standard InChI is InChI=1S/C15H25BrN2/c1-3-5-6-12(4-2)10-18-11-13-7-14(16)9-15(17)8-13/h7-9,12,18H,3-6,10-11,17H2,1-2H3. The maximum atomic E-state index is 5.83.